The number of nitrogens with one attached hydrogen (secondary N) is 1. The number of aromatic nitrogens is 2. The SMILES string of the molecule is C=C[Si](C)(C)c1c2c(nc3ccc(O)cc13)-c1cc3c(c(=O)n1C2)COC(=O)C3(CC)OC(=O)CCCNC(=O)OC(C)(C)C. The summed E-state index contributed by atoms with van der Waals surface area (Å²) in [5.74, 6) is -1.30. The van der Waals surface area contributed by atoms with E-state index in [2.05, 4.69) is 25.0 Å². The molecule has 0 saturated carbocycles. The molecule has 0 spiro atoms. The molecule has 0 fully saturated rings. The van der Waals surface area contributed by atoms with Gasteiger partial charge in [-0.15, -0.1) is 6.58 Å². The number of phenolic OH excluding ortho intramolecular Hbond substituents is 1. The number of carbonyl (C=O) groups is 3. The van der Waals surface area contributed by atoms with E-state index in [1.165, 1.54) is 0 Å². The quantitative estimate of drug-likeness (QED) is 0.126. The zero-order chi connectivity index (χ0) is 32.9. The molecule has 2 aliphatic rings. The average molecular weight is 634 g/mol. The molecule has 11 nitrogen and oxygen atoms in total. The fourth-order valence-corrected chi connectivity index (χ4v) is 8.12. The number of fused-ring (bicyclic) bond motifs is 5. The van der Waals surface area contributed by atoms with Crippen LogP contribution >= 0.6 is 0 Å². The zero-order valence-corrected chi connectivity index (χ0v) is 27.5. The molecule has 45 heavy (non-hydrogen) atoms. The molecule has 3 aromatic rings. The highest BCUT2D eigenvalue weighted by Crippen LogP contribution is 2.41. The molecule has 0 radical (unpaired) electrons. The van der Waals surface area contributed by atoms with Gasteiger partial charge in [0.15, 0.2) is 0 Å². The fourth-order valence-electron chi connectivity index (χ4n) is 6.05. The van der Waals surface area contributed by atoms with Crippen LogP contribution in [0.4, 0.5) is 4.79 Å². The third kappa shape index (κ3) is 5.74. The number of hydrogen-bond donors (Lipinski definition) is 2. The Labute approximate surface area is 262 Å². The van der Waals surface area contributed by atoms with E-state index in [0.717, 1.165) is 16.1 Å². The van der Waals surface area contributed by atoms with E-state index in [4.69, 9.17) is 19.2 Å². The van der Waals surface area contributed by atoms with Gasteiger partial charge in [0.25, 0.3) is 5.56 Å². The van der Waals surface area contributed by atoms with Gasteiger partial charge >= 0.3 is 18.0 Å². The highest BCUT2D eigenvalue weighted by atomic mass is 28.3. The topological polar surface area (TPSA) is 146 Å². The summed E-state index contributed by atoms with van der Waals surface area (Å²) in [6.45, 7) is 15.5. The number of rotatable bonds is 8. The van der Waals surface area contributed by atoms with Crippen LogP contribution in [0.25, 0.3) is 22.3 Å². The van der Waals surface area contributed by atoms with Crippen LogP contribution < -0.4 is 16.1 Å². The van der Waals surface area contributed by atoms with Crippen molar-refractivity contribution < 1.29 is 33.7 Å². The molecule has 1 amide bonds. The summed E-state index contributed by atoms with van der Waals surface area (Å²) in [6, 6.07) is 6.75. The molecule has 0 saturated heterocycles. The van der Waals surface area contributed by atoms with Gasteiger partial charge in [-0.2, -0.15) is 0 Å². The van der Waals surface area contributed by atoms with Gasteiger partial charge in [0.2, 0.25) is 5.60 Å². The third-order valence-electron chi connectivity index (χ3n) is 8.31. The van der Waals surface area contributed by atoms with Gasteiger partial charge in [-0.05, 0) is 63.1 Å². The molecule has 238 valence electrons. The second-order valence-corrected chi connectivity index (χ2v) is 17.4. The minimum atomic E-state index is -2.27. The van der Waals surface area contributed by atoms with Crippen LogP contribution in [0.5, 0.6) is 5.75 Å². The van der Waals surface area contributed by atoms with Crippen LogP contribution in [-0.4, -0.2) is 52.9 Å². The molecule has 1 aromatic carbocycles. The Morgan fingerprint density at radius 2 is 1.96 bits per heavy atom. The Morgan fingerprint density at radius 1 is 1.22 bits per heavy atom. The molecule has 2 aromatic heterocycles. The molecule has 1 unspecified atom stereocenters. The number of alkyl carbamates (subject to hydrolysis) is 1. The van der Waals surface area contributed by atoms with Crippen LogP contribution in [0.3, 0.4) is 0 Å². The maximum absolute atomic E-state index is 14.0. The number of carbonyl (C=O) groups excluding carboxylic acids is 3. The Morgan fingerprint density at radius 3 is 2.62 bits per heavy atom. The predicted molar refractivity (Wildman–Crippen MR) is 171 cm³/mol. The Bertz CT molecular complexity index is 1810. The number of hydrogen-bond acceptors (Lipinski definition) is 9. The number of ether oxygens (including phenoxy) is 3. The van der Waals surface area contributed by atoms with E-state index >= 15 is 0 Å². The lowest BCUT2D eigenvalue weighted by Gasteiger charge is -2.35. The van der Waals surface area contributed by atoms with E-state index in [9.17, 15) is 24.3 Å². The molecule has 12 heteroatoms. The molecule has 4 heterocycles. The van der Waals surface area contributed by atoms with Crippen molar-refractivity contribution >= 4 is 42.2 Å². The number of cyclic esters (lactones) is 1. The molecule has 2 aliphatic heterocycles. The van der Waals surface area contributed by atoms with Crippen molar-refractivity contribution in [2.24, 2.45) is 0 Å². The number of esters is 2. The van der Waals surface area contributed by atoms with E-state index in [-0.39, 0.29) is 55.8 Å². The lowest BCUT2D eigenvalue weighted by molar-refractivity contribution is -0.189. The van der Waals surface area contributed by atoms with Crippen molar-refractivity contribution in [2.75, 3.05) is 6.54 Å². The largest absolute Gasteiger partial charge is 0.508 e. The molecular weight excluding hydrogens is 594 g/mol. The summed E-state index contributed by atoms with van der Waals surface area (Å²) in [4.78, 5) is 57.3. The molecule has 1 atom stereocenters. The van der Waals surface area contributed by atoms with Crippen molar-refractivity contribution in [3.8, 4) is 17.1 Å². The second-order valence-electron chi connectivity index (χ2n) is 13.0. The number of pyridine rings is 2. The smallest absolute Gasteiger partial charge is 0.407 e. The molecule has 5 rings (SSSR count). The van der Waals surface area contributed by atoms with Gasteiger partial charge in [-0.3, -0.25) is 9.59 Å². The number of amides is 1. The van der Waals surface area contributed by atoms with Gasteiger partial charge in [-0.25, -0.2) is 14.6 Å². The van der Waals surface area contributed by atoms with Crippen molar-refractivity contribution in [3.05, 3.63) is 63.6 Å². The Kier molecular flexibility index (Phi) is 8.15. The third-order valence-corrected chi connectivity index (χ3v) is 11.2. The maximum atomic E-state index is 14.0. The lowest BCUT2D eigenvalue weighted by atomic mass is 9.85. The number of phenols is 1. The van der Waals surface area contributed by atoms with Crippen LogP contribution in [-0.2, 0) is 42.6 Å². The monoisotopic (exact) mass is 633 g/mol. The summed E-state index contributed by atoms with van der Waals surface area (Å²) in [5.41, 5.74) is 2.33. The Balaban J connectivity index is 1.52. The van der Waals surface area contributed by atoms with Gasteiger partial charge in [-0.1, -0.05) is 25.7 Å². The molecule has 0 aliphatic carbocycles. The van der Waals surface area contributed by atoms with Crippen LogP contribution in [0.1, 0.15) is 63.6 Å². The first-order chi connectivity index (χ1) is 21.1. The first kappa shape index (κ1) is 32.0. The summed E-state index contributed by atoms with van der Waals surface area (Å²) in [5, 5.41) is 14.7. The minimum absolute atomic E-state index is 0.0442. The van der Waals surface area contributed by atoms with E-state index in [1.54, 1.807) is 56.5 Å². The summed E-state index contributed by atoms with van der Waals surface area (Å²) in [6.07, 6.45) is -0.389. The van der Waals surface area contributed by atoms with Gasteiger partial charge in [0.1, 0.15) is 26.0 Å². The Hall–Kier alpha value is -4.45. The molecular formula is C33H39N3O8Si. The second kappa shape index (κ2) is 11.5. The van der Waals surface area contributed by atoms with Gasteiger partial charge in [0, 0.05) is 29.5 Å². The minimum Gasteiger partial charge on any atom is -0.508 e. The predicted octanol–water partition coefficient (Wildman–Crippen LogP) is 4.28. The highest BCUT2D eigenvalue weighted by molar-refractivity contribution is 6.95. The summed E-state index contributed by atoms with van der Waals surface area (Å²) >= 11 is 0. The van der Waals surface area contributed by atoms with Crippen molar-refractivity contribution in [3.63, 3.8) is 0 Å². The van der Waals surface area contributed by atoms with E-state index < -0.39 is 37.3 Å². The van der Waals surface area contributed by atoms with Gasteiger partial charge < -0.3 is 29.2 Å². The first-order valence-corrected chi connectivity index (χ1v) is 18.1. The number of nitrogens with zero attached hydrogens (tertiary/aromatic N) is 2. The maximum Gasteiger partial charge on any atom is 0.407 e. The molecule has 0 bridgehead atoms. The first-order valence-electron chi connectivity index (χ1n) is 15.0. The van der Waals surface area contributed by atoms with E-state index in [1.807, 2.05) is 5.70 Å². The van der Waals surface area contributed by atoms with E-state index in [0.29, 0.717) is 22.5 Å². The zero-order valence-electron chi connectivity index (χ0n) is 26.5. The standard InChI is InChI=1S/C33H39N3O8Si/c1-8-33(43-26(38)11-10-14-34-31(41)44-32(3,4)5)23-16-25-27-21(17-36(25)29(39)22(23)18-42-30(33)40)28(45(6,7)9-2)20-15-19(37)12-13-24(20)35-27/h9,12-13,15-16,37H,2,8,10-11,14,17-18H2,1,3-7H3,(H,34,41). The van der Waals surface area contributed by atoms with Gasteiger partial charge in [0.05, 0.1) is 29.0 Å². The lowest BCUT2D eigenvalue weighted by Crippen LogP contribution is -2.47. The van der Waals surface area contributed by atoms with Crippen molar-refractivity contribution in [1.29, 1.82) is 0 Å². The van der Waals surface area contributed by atoms with Crippen molar-refractivity contribution in [1.82, 2.24) is 14.9 Å². The van der Waals surface area contributed by atoms with Crippen LogP contribution in [0, 0.1) is 0 Å². The average Bonchev–Trinajstić information content (AvgIpc) is 3.33. The molecule has 2 N–H and O–H groups in total. The normalized spacial score (nSPS) is 17.2. The number of aromatic hydroxyl groups is 1. The van der Waals surface area contributed by atoms with Crippen molar-refractivity contribution in [2.45, 2.75) is 84.4 Å². The number of benzene rings is 1. The van der Waals surface area contributed by atoms with Crippen LogP contribution in [0.15, 0.2) is 41.3 Å². The summed E-state index contributed by atoms with van der Waals surface area (Å²) < 4.78 is 18.2. The summed E-state index contributed by atoms with van der Waals surface area (Å²) in [7, 11) is -2.27. The van der Waals surface area contributed by atoms with Crippen LogP contribution in [0.2, 0.25) is 13.1 Å². The fraction of sp³-hybridized carbons (Fsp3) is 0.424. The highest BCUT2D eigenvalue weighted by Gasteiger charge is 2.50.